The van der Waals surface area contributed by atoms with E-state index in [1.165, 1.54) is 25.0 Å². The number of hydrogen-bond donors (Lipinski definition) is 2. The third-order valence-electron chi connectivity index (χ3n) is 6.87. The molecule has 164 valence electrons. The molecule has 2 aromatic carbocycles. The molecule has 1 aliphatic carbocycles. The first-order valence-electron chi connectivity index (χ1n) is 10.9. The first-order chi connectivity index (χ1) is 14.9. The Hall–Kier alpha value is -2.37. The van der Waals surface area contributed by atoms with Crippen LogP contribution in [0.2, 0.25) is 5.02 Å². The summed E-state index contributed by atoms with van der Waals surface area (Å²) in [4.78, 5) is 12.4. The molecule has 4 nitrogen and oxygen atoms in total. The van der Waals surface area contributed by atoms with E-state index < -0.39 is 11.8 Å². The number of halogens is 2. The van der Waals surface area contributed by atoms with E-state index in [1.54, 1.807) is 10.6 Å². The van der Waals surface area contributed by atoms with E-state index in [0.717, 1.165) is 22.9 Å². The number of carboxylic acid groups (broad SMARTS) is 1. The Morgan fingerprint density at radius 3 is 2.74 bits per heavy atom. The number of nitrogens with one attached hydrogen (secondary N) is 1. The van der Waals surface area contributed by atoms with Crippen LogP contribution in [0.5, 0.6) is 0 Å². The highest BCUT2D eigenvalue weighted by Gasteiger charge is 2.28. The maximum atomic E-state index is 13.5. The van der Waals surface area contributed by atoms with Crippen LogP contribution in [0.3, 0.4) is 0 Å². The molecule has 0 radical (unpaired) electrons. The Morgan fingerprint density at radius 1 is 1.23 bits per heavy atom. The van der Waals surface area contributed by atoms with Crippen molar-refractivity contribution in [3.05, 3.63) is 70.1 Å². The lowest BCUT2D eigenvalue weighted by atomic mass is 9.78. The van der Waals surface area contributed by atoms with Gasteiger partial charge in [0.25, 0.3) is 0 Å². The highest BCUT2D eigenvalue weighted by atomic mass is 35.5. The van der Waals surface area contributed by atoms with E-state index in [0.29, 0.717) is 35.0 Å². The molecule has 3 aromatic rings. The van der Waals surface area contributed by atoms with Crippen LogP contribution in [0.15, 0.2) is 42.5 Å². The summed E-state index contributed by atoms with van der Waals surface area (Å²) >= 11 is 6.25. The fraction of sp³-hybridized carbons (Fsp3) is 0.400. The smallest absolute Gasteiger partial charge is 0.352 e. The van der Waals surface area contributed by atoms with Crippen molar-refractivity contribution in [1.29, 1.82) is 0 Å². The first kappa shape index (κ1) is 21.8. The number of rotatable bonds is 6. The third-order valence-corrected chi connectivity index (χ3v) is 7.22. The minimum atomic E-state index is -0.976. The fourth-order valence-electron chi connectivity index (χ4n) is 4.89. The number of aromatic carboxylic acids is 1. The normalized spacial score (nSPS) is 21.5. The summed E-state index contributed by atoms with van der Waals surface area (Å²) in [5.41, 5.74) is 2.56. The molecule has 31 heavy (non-hydrogen) atoms. The number of fused-ring (bicyclic) bond motifs is 1. The maximum Gasteiger partial charge on any atom is 0.352 e. The second-order valence-corrected chi connectivity index (χ2v) is 9.13. The summed E-state index contributed by atoms with van der Waals surface area (Å²) < 4.78 is 15.3. The minimum absolute atomic E-state index is 0.255. The number of para-hydroxylation sites is 1. The fourth-order valence-corrected chi connectivity index (χ4v) is 5.11. The topological polar surface area (TPSA) is 54.3 Å². The van der Waals surface area contributed by atoms with Crippen molar-refractivity contribution in [2.75, 3.05) is 0 Å². The van der Waals surface area contributed by atoms with Crippen LogP contribution in [0.25, 0.3) is 10.9 Å². The van der Waals surface area contributed by atoms with Gasteiger partial charge in [0.1, 0.15) is 11.5 Å². The van der Waals surface area contributed by atoms with Crippen LogP contribution < -0.4 is 5.32 Å². The largest absolute Gasteiger partial charge is 0.477 e. The second-order valence-electron chi connectivity index (χ2n) is 8.73. The monoisotopic (exact) mass is 442 g/mol. The van der Waals surface area contributed by atoms with Crippen LogP contribution in [-0.2, 0) is 13.1 Å². The molecule has 1 heterocycles. The highest BCUT2D eigenvalue weighted by molar-refractivity contribution is 6.31. The van der Waals surface area contributed by atoms with Gasteiger partial charge in [-0.3, -0.25) is 0 Å². The Morgan fingerprint density at radius 2 is 2.00 bits per heavy atom. The quantitative estimate of drug-likeness (QED) is 0.485. The Balaban J connectivity index is 1.73. The summed E-state index contributed by atoms with van der Waals surface area (Å²) in [6, 6.07) is 12.3. The zero-order valence-electron chi connectivity index (χ0n) is 17.9. The zero-order valence-corrected chi connectivity index (χ0v) is 18.6. The molecule has 1 saturated carbocycles. The van der Waals surface area contributed by atoms with Crippen LogP contribution >= 0.6 is 11.6 Å². The number of aromatic nitrogens is 1. The van der Waals surface area contributed by atoms with Gasteiger partial charge in [0.2, 0.25) is 0 Å². The van der Waals surface area contributed by atoms with Crippen molar-refractivity contribution in [3.63, 3.8) is 0 Å². The lowest BCUT2D eigenvalue weighted by Crippen LogP contribution is -2.40. The predicted octanol–water partition coefficient (Wildman–Crippen LogP) is 6.09. The van der Waals surface area contributed by atoms with Crippen molar-refractivity contribution >= 4 is 28.5 Å². The van der Waals surface area contributed by atoms with E-state index in [9.17, 15) is 14.3 Å². The molecule has 1 aromatic heterocycles. The molecular formula is C25H28ClFN2O2. The van der Waals surface area contributed by atoms with Gasteiger partial charge in [-0.05, 0) is 42.0 Å². The van der Waals surface area contributed by atoms with Crippen molar-refractivity contribution in [2.45, 2.75) is 52.2 Å². The van der Waals surface area contributed by atoms with Crippen LogP contribution in [0.4, 0.5) is 4.39 Å². The van der Waals surface area contributed by atoms with E-state index in [-0.39, 0.29) is 12.2 Å². The van der Waals surface area contributed by atoms with Crippen LogP contribution in [0.1, 0.15) is 54.7 Å². The average molecular weight is 443 g/mol. The molecule has 3 unspecified atom stereocenters. The Labute approximate surface area is 187 Å². The summed E-state index contributed by atoms with van der Waals surface area (Å²) in [5, 5.41) is 15.0. The minimum Gasteiger partial charge on any atom is -0.477 e. The van der Waals surface area contributed by atoms with E-state index in [4.69, 9.17) is 11.6 Å². The number of carboxylic acids is 1. The van der Waals surface area contributed by atoms with Gasteiger partial charge in [0.15, 0.2) is 0 Å². The molecule has 6 heteroatoms. The number of carbonyl (C=O) groups is 1. The summed E-state index contributed by atoms with van der Waals surface area (Å²) in [6.45, 7) is 5.32. The molecule has 2 N–H and O–H groups in total. The van der Waals surface area contributed by atoms with Gasteiger partial charge in [0.05, 0.1) is 0 Å². The van der Waals surface area contributed by atoms with E-state index in [1.807, 2.05) is 24.3 Å². The zero-order chi connectivity index (χ0) is 22.1. The lowest BCUT2D eigenvalue weighted by molar-refractivity contribution is 0.0684. The van der Waals surface area contributed by atoms with E-state index >= 15 is 0 Å². The van der Waals surface area contributed by atoms with Gasteiger partial charge < -0.3 is 15.0 Å². The van der Waals surface area contributed by atoms with Crippen molar-refractivity contribution in [1.82, 2.24) is 9.88 Å². The standard InChI is InChI=1S/C25H28ClFN2O2/c1-15-6-5-8-22(16(15)2)28-13-20-19-7-3-4-9-23(19)29(24(20)25(30)31)14-17-10-11-18(27)12-21(17)26/h3-4,7,9-12,15-16,22,28H,5-6,8,13-14H2,1-2H3,(H,30,31). The van der Waals surface area contributed by atoms with Gasteiger partial charge in [-0.25, -0.2) is 9.18 Å². The van der Waals surface area contributed by atoms with Crippen molar-refractivity contribution in [3.8, 4) is 0 Å². The molecular weight excluding hydrogens is 415 g/mol. The molecule has 0 saturated heterocycles. The van der Waals surface area contributed by atoms with Gasteiger partial charge in [-0.2, -0.15) is 0 Å². The summed E-state index contributed by atoms with van der Waals surface area (Å²) in [6.07, 6.45) is 3.55. The number of benzene rings is 2. The number of hydrogen-bond acceptors (Lipinski definition) is 2. The molecule has 0 bridgehead atoms. The van der Waals surface area contributed by atoms with Crippen LogP contribution in [0, 0.1) is 17.7 Å². The Bertz CT molecular complexity index is 1110. The van der Waals surface area contributed by atoms with Crippen molar-refractivity contribution < 1.29 is 14.3 Å². The lowest BCUT2D eigenvalue weighted by Gasteiger charge is -2.34. The molecule has 1 aliphatic rings. The Kier molecular flexibility index (Phi) is 6.35. The second kappa shape index (κ2) is 9.01. The van der Waals surface area contributed by atoms with Gasteiger partial charge in [-0.1, -0.05) is 62.6 Å². The summed E-state index contributed by atoms with van der Waals surface area (Å²) in [7, 11) is 0. The van der Waals surface area contributed by atoms with Crippen molar-refractivity contribution in [2.24, 2.45) is 11.8 Å². The van der Waals surface area contributed by atoms with Gasteiger partial charge in [-0.15, -0.1) is 0 Å². The van der Waals surface area contributed by atoms with Crippen LogP contribution in [-0.4, -0.2) is 21.7 Å². The SMILES string of the molecule is CC1CCCC(NCc2c(C(=O)O)n(Cc3ccc(F)cc3Cl)c3ccccc23)C1C. The maximum absolute atomic E-state index is 13.5. The molecule has 1 fully saturated rings. The highest BCUT2D eigenvalue weighted by Crippen LogP contribution is 2.32. The average Bonchev–Trinajstić information content (AvgIpc) is 3.05. The third kappa shape index (κ3) is 4.35. The first-order valence-corrected chi connectivity index (χ1v) is 11.2. The number of nitrogens with zero attached hydrogens (tertiary/aromatic N) is 1. The molecule has 4 rings (SSSR count). The molecule has 0 aliphatic heterocycles. The van der Waals surface area contributed by atoms with Gasteiger partial charge >= 0.3 is 5.97 Å². The van der Waals surface area contributed by atoms with Gasteiger partial charge in [0, 0.05) is 40.6 Å². The molecule has 3 atom stereocenters. The molecule has 0 amide bonds. The predicted molar refractivity (Wildman–Crippen MR) is 122 cm³/mol. The summed E-state index contributed by atoms with van der Waals surface area (Å²) in [5.74, 6) is -0.179. The van der Waals surface area contributed by atoms with E-state index in [2.05, 4.69) is 19.2 Å². The molecule has 0 spiro atoms.